The van der Waals surface area contributed by atoms with E-state index in [1.54, 1.807) is 9.80 Å². The lowest BCUT2D eigenvalue weighted by Gasteiger charge is -2.26. The van der Waals surface area contributed by atoms with E-state index in [1.807, 2.05) is 37.3 Å². The first-order valence-electron chi connectivity index (χ1n) is 6.97. The van der Waals surface area contributed by atoms with Crippen molar-refractivity contribution in [3.63, 3.8) is 0 Å². The summed E-state index contributed by atoms with van der Waals surface area (Å²) in [6, 6.07) is 9.85. The Balaban J connectivity index is 2.57. The smallest absolute Gasteiger partial charge is 0.237 e. The van der Waals surface area contributed by atoms with E-state index in [1.165, 1.54) is 0 Å². The molecule has 1 aromatic rings. The molecule has 0 aliphatic heterocycles. The van der Waals surface area contributed by atoms with Gasteiger partial charge in [-0.05, 0) is 12.5 Å². The van der Waals surface area contributed by atoms with Crippen molar-refractivity contribution in [1.29, 1.82) is 0 Å². The third-order valence-electron chi connectivity index (χ3n) is 3.14. The van der Waals surface area contributed by atoms with E-state index in [2.05, 4.69) is 0 Å². The van der Waals surface area contributed by atoms with E-state index < -0.39 is 0 Å². The Morgan fingerprint density at radius 2 is 1.70 bits per heavy atom. The summed E-state index contributed by atoms with van der Waals surface area (Å²) in [5.41, 5.74) is 1.10. The molecule has 1 rings (SSSR count). The second kappa shape index (κ2) is 9.47. The second-order valence-corrected chi connectivity index (χ2v) is 4.62. The van der Waals surface area contributed by atoms with Gasteiger partial charge in [0.15, 0.2) is 0 Å². The third kappa shape index (κ3) is 5.69. The first-order valence-corrected chi connectivity index (χ1v) is 6.97. The van der Waals surface area contributed by atoms with Crippen molar-refractivity contribution in [3.8, 4) is 0 Å². The van der Waals surface area contributed by atoms with Crippen LogP contribution in [0.5, 0.6) is 0 Å². The maximum atomic E-state index is 12.3. The van der Waals surface area contributed by atoms with Crippen molar-refractivity contribution in [1.82, 2.24) is 9.80 Å². The van der Waals surface area contributed by atoms with Crippen LogP contribution in [0.2, 0.25) is 0 Å². The Kier molecular flexibility index (Phi) is 7.87. The highest BCUT2D eigenvalue weighted by atomic mass is 16.3. The molecular weight excluding hydrogens is 256 g/mol. The molecule has 2 N–H and O–H groups in total. The average Bonchev–Trinajstić information content (AvgIpc) is 2.46. The molecule has 0 aromatic heterocycles. The summed E-state index contributed by atoms with van der Waals surface area (Å²) in [5, 5.41) is 17.9. The normalized spacial score (nSPS) is 10.8. The lowest BCUT2D eigenvalue weighted by Crippen LogP contribution is -2.42. The molecule has 0 spiro atoms. The maximum absolute atomic E-state index is 12.3. The van der Waals surface area contributed by atoms with Gasteiger partial charge in [-0.15, -0.1) is 0 Å². The van der Waals surface area contributed by atoms with Crippen LogP contribution in [-0.4, -0.2) is 65.3 Å². The van der Waals surface area contributed by atoms with Crippen molar-refractivity contribution < 1.29 is 15.0 Å². The number of amides is 1. The molecule has 5 heteroatoms. The van der Waals surface area contributed by atoms with Crippen LogP contribution in [0.15, 0.2) is 30.3 Å². The van der Waals surface area contributed by atoms with Gasteiger partial charge in [-0.25, -0.2) is 0 Å². The van der Waals surface area contributed by atoms with Crippen LogP contribution in [0, 0.1) is 0 Å². The molecule has 0 saturated heterocycles. The first-order chi connectivity index (χ1) is 9.71. The number of carbonyl (C=O) groups excluding carboxylic acids is 1. The van der Waals surface area contributed by atoms with Gasteiger partial charge in [0.1, 0.15) is 0 Å². The summed E-state index contributed by atoms with van der Waals surface area (Å²) in [6.45, 7) is 4.16. The van der Waals surface area contributed by atoms with Crippen LogP contribution in [0.25, 0.3) is 0 Å². The van der Waals surface area contributed by atoms with Gasteiger partial charge in [-0.2, -0.15) is 0 Å². The summed E-state index contributed by atoms with van der Waals surface area (Å²) in [5.74, 6) is 0.0123. The molecule has 0 unspecified atom stereocenters. The van der Waals surface area contributed by atoms with Crippen molar-refractivity contribution >= 4 is 5.91 Å². The molecule has 0 aliphatic carbocycles. The summed E-state index contributed by atoms with van der Waals surface area (Å²) in [7, 11) is 0. The molecule has 0 atom stereocenters. The molecule has 0 aliphatic rings. The molecule has 0 fully saturated rings. The summed E-state index contributed by atoms with van der Waals surface area (Å²) < 4.78 is 0. The standard InChI is InChI=1S/C15H24N2O3/c1-2-17(12-14-6-4-3-5-7-14)15(20)13-16(8-10-18)9-11-19/h3-7,18-19H,2,8-13H2,1H3. The van der Waals surface area contributed by atoms with Crippen LogP contribution in [0.4, 0.5) is 0 Å². The Bertz CT molecular complexity index is 378. The van der Waals surface area contributed by atoms with E-state index in [-0.39, 0.29) is 25.7 Å². The highest BCUT2D eigenvalue weighted by Gasteiger charge is 2.16. The van der Waals surface area contributed by atoms with Crippen molar-refractivity contribution in [2.75, 3.05) is 39.4 Å². The van der Waals surface area contributed by atoms with Crippen LogP contribution in [0.1, 0.15) is 12.5 Å². The fourth-order valence-electron chi connectivity index (χ4n) is 2.02. The molecular formula is C15H24N2O3. The topological polar surface area (TPSA) is 64.0 Å². The predicted octanol–water partition coefficient (Wildman–Crippen LogP) is 0.322. The fourth-order valence-corrected chi connectivity index (χ4v) is 2.02. The monoisotopic (exact) mass is 280 g/mol. The minimum atomic E-state index is -0.0158. The molecule has 0 heterocycles. The highest BCUT2D eigenvalue weighted by molar-refractivity contribution is 5.78. The fraction of sp³-hybridized carbons (Fsp3) is 0.533. The van der Waals surface area contributed by atoms with Gasteiger partial charge in [0.25, 0.3) is 0 Å². The molecule has 0 bridgehead atoms. The molecule has 0 saturated carbocycles. The van der Waals surface area contributed by atoms with Gasteiger partial charge >= 0.3 is 0 Å². The van der Waals surface area contributed by atoms with Gasteiger partial charge in [-0.1, -0.05) is 30.3 Å². The van der Waals surface area contributed by atoms with E-state index in [0.717, 1.165) is 5.56 Å². The van der Waals surface area contributed by atoms with E-state index in [0.29, 0.717) is 26.2 Å². The molecule has 1 amide bonds. The molecule has 5 nitrogen and oxygen atoms in total. The largest absolute Gasteiger partial charge is 0.395 e. The van der Waals surface area contributed by atoms with Crippen molar-refractivity contribution in [2.45, 2.75) is 13.5 Å². The highest BCUT2D eigenvalue weighted by Crippen LogP contribution is 2.05. The Labute approximate surface area is 120 Å². The van der Waals surface area contributed by atoms with Gasteiger partial charge in [-0.3, -0.25) is 9.69 Å². The van der Waals surface area contributed by atoms with Crippen molar-refractivity contribution in [2.24, 2.45) is 0 Å². The minimum Gasteiger partial charge on any atom is -0.395 e. The first kappa shape index (κ1) is 16.6. The molecule has 112 valence electrons. The quantitative estimate of drug-likeness (QED) is 0.684. The number of hydrogen-bond acceptors (Lipinski definition) is 4. The number of aliphatic hydroxyl groups is 2. The average molecular weight is 280 g/mol. The van der Waals surface area contributed by atoms with Gasteiger partial charge in [0.05, 0.1) is 19.8 Å². The zero-order chi connectivity index (χ0) is 14.8. The molecule has 0 radical (unpaired) electrons. The van der Waals surface area contributed by atoms with Gasteiger partial charge in [0.2, 0.25) is 5.91 Å². The summed E-state index contributed by atoms with van der Waals surface area (Å²) in [6.07, 6.45) is 0. The third-order valence-corrected chi connectivity index (χ3v) is 3.14. The summed E-state index contributed by atoms with van der Waals surface area (Å²) in [4.78, 5) is 15.8. The number of nitrogens with zero attached hydrogens (tertiary/aromatic N) is 2. The number of likely N-dealkylation sites (N-methyl/N-ethyl adjacent to an activating group) is 1. The number of rotatable bonds is 9. The number of carbonyl (C=O) groups is 1. The van der Waals surface area contributed by atoms with E-state index in [4.69, 9.17) is 10.2 Å². The SMILES string of the molecule is CCN(Cc1ccccc1)C(=O)CN(CCO)CCO. The van der Waals surface area contributed by atoms with Crippen LogP contribution in [-0.2, 0) is 11.3 Å². The summed E-state index contributed by atoms with van der Waals surface area (Å²) >= 11 is 0. The second-order valence-electron chi connectivity index (χ2n) is 4.62. The zero-order valence-electron chi connectivity index (χ0n) is 12.0. The molecule has 20 heavy (non-hydrogen) atoms. The minimum absolute atomic E-state index is 0.0123. The number of hydrogen-bond donors (Lipinski definition) is 2. The van der Waals surface area contributed by atoms with E-state index in [9.17, 15) is 4.79 Å². The lowest BCUT2D eigenvalue weighted by molar-refractivity contribution is -0.133. The molecule has 1 aromatic carbocycles. The predicted molar refractivity (Wildman–Crippen MR) is 78.1 cm³/mol. The maximum Gasteiger partial charge on any atom is 0.237 e. The van der Waals surface area contributed by atoms with Crippen LogP contribution >= 0.6 is 0 Å². The van der Waals surface area contributed by atoms with Gasteiger partial charge < -0.3 is 15.1 Å². The van der Waals surface area contributed by atoms with Crippen LogP contribution < -0.4 is 0 Å². The number of benzene rings is 1. The Hall–Kier alpha value is -1.43. The Morgan fingerprint density at radius 1 is 1.10 bits per heavy atom. The Morgan fingerprint density at radius 3 is 2.20 bits per heavy atom. The lowest BCUT2D eigenvalue weighted by atomic mass is 10.2. The number of aliphatic hydroxyl groups excluding tert-OH is 2. The van der Waals surface area contributed by atoms with Crippen LogP contribution in [0.3, 0.4) is 0 Å². The van der Waals surface area contributed by atoms with Gasteiger partial charge in [0, 0.05) is 26.2 Å². The van der Waals surface area contributed by atoms with Crippen molar-refractivity contribution in [3.05, 3.63) is 35.9 Å². The van der Waals surface area contributed by atoms with E-state index >= 15 is 0 Å². The zero-order valence-corrected chi connectivity index (χ0v) is 12.0.